The van der Waals surface area contributed by atoms with Crippen molar-refractivity contribution in [1.29, 1.82) is 0 Å². The summed E-state index contributed by atoms with van der Waals surface area (Å²) < 4.78 is 29.2. The van der Waals surface area contributed by atoms with Gasteiger partial charge in [-0.3, -0.25) is 4.79 Å². The summed E-state index contributed by atoms with van der Waals surface area (Å²) >= 11 is 5.60. The van der Waals surface area contributed by atoms with Gasteiger partial charge in [0, 0.05) is 5.56 Å². The maximum absolute atomic E-state index is 12.4. The average Bonchev–Trinajstić information content (AvgIpc) is 2.23. The molecule has 0 radical (unpaired) electrons. The first-order chi connectivity index (χ1) is 7.47. The largest absolute Gasteiger partial charge is 0.506 e. The normalized spacial score (nSPS) is 10.6. The number of carbonyl (C=O) groups is 1. The van der Waals surface area contributed by atoms with Crippen LogP contribution >= 0.6 is 11.6 Å². The molecule has 4 nitrogen and oxygen atoms in total. The van der Waals surface area contributed by atoms with Crippen LogP contribution in [-0.2, 0) is 16.0 Å². The fourth-order valence-corrected chi connectivity index (χ4v) is 1.36. The van der Waals surface area contributed by atoms with Crippen LogP contribution in [0.2, 0.25) is 5.02 Å². The molecule has 0 saturated heterocycles. The first kappa shape index (κ1) is 12.6. The number of alkyl halides is 2. The Kier molecular flexibility index (Phi) is 4.00. The van der Waals surface area contributed by atoms with Crippen LogP contribution in [-0.4, -0.2) is 23.2 Å². The Bertz CT molecular complexity index is 412. The van der Waals surface area contributed by atoms with E-state index in [4.69, 9.17) is 11.6 Å². The van der Waals surface area contributed by atoms with Gasteiger partial charge in [-0.2, -0.15) is 0 Å². The Labute approximate surface area is 94.8 Å². The molecule has 1 aromatic heterocycles. The number of esters is 1. The minimum absolute atomic E-state index is 0.112. The maximum Gasteiger partial charge on any atom is 0.310 e. The molecule has 0 saturated carbocycles. The second-order valence-corrected chi connectivity index (χ2v) is 3.25. The molecule has 7 heteroatoms. The van der Waals surface area contributed by atoms with Crippen LogP contribution < -0.4 is 0 Å². The summed E-state index contributed by atoms with van der Waals surface area (Å²) in [6.45, 7) is 0. The molecule has 0 unspecified atom stereocenters. The summed E-state index contributed by atoms with van der Waals surface area (Å²) in [5, 5.41) is 8.93. The number of hydrogen-bond acceptors (Lipinski definition) is 4. The lowest BCUT2D eigenvalue weighted by Gasteiger charge is -2.09. The monoisotopic (exact) mass is 251 g/mol. The number of aromatic nitrogens is 1. The number of pyridine rings is 1. The van der Waals surface area contributed by atoms with E-state index in [0.717, 1.165) is 13.3 Å². The van der Waals surface area contributed by atoms with Gasteiger partial charge < -0.3 is 9.84 Å². The number of methoxy groups -OCH3 is 1. The Morgan fingerprint density at radius 2 is 2.31 bits per heavy atom. The summed E-state index contributed by atoms with van der Waals surface area (Å²) in [6, 6.07) is 0. The van der Waals surface area contributed by atoms with Crippen molar-refractivity contribution in [3.8, 4) is 5.75 Å². The quantitative estimate of drug-likeness (QED) is 0.836. The summed E-state index contributed by atoms with van der Waals surface area (Å²) in [5.74, 6) is -1.11. The van der Waals surface area contributed by atoms with Crippen molar-refractivity contribution >= 4 is 17.6 Å². The number of ether oxygens (including phenoxy) is 1. The maximum atomic E-state index is 12.4. The van der Waals surface area contributed by atoms with E-state index in [1.54, 1.807) is 0 Å². The predicted molar refractivity (Wildman–Crippen MR) is 51.6 cm³/mol. The van der Waals surface area contributed by atoms with Gasteiger partial charge in [-0.25, -0.2) is 13.8 Å². The lowest BCUT2D eigenvalue weighted by atomic mass is 10.1. The lowest BCUT2D eigenvalue weighted by molar-refractivity contribution is -0.139. The molecular weight excluding hydrogens is 244 g/mol. The van der Waals surface area contributed by atoms with E-state index in [-0.39, 0.29) is 12.0 Å². The molecule has 0 aromatic carbocycles. The van der Waals surface area contributed by atoms with Crippen molar-refractivity contribution in [3.63, 3.8) is 0 Å². The Morgan fingerprint density at radius 3 is 2.81 bits per heavy atom. The Hall–Kier alpha value is -1.43. The van der Waals surface area contributed by atoms with Crippen LogP contribution in [0.5, 0.6) is 5.75 Å². The van der Waals surface area contributed by atoms with Crippen LogP contribution in [0.25, 0.3) is 0 Å². The van der Waals surface area contributed by atoms with Gasteiger partial charge in [-0.1, -0.05) is 11.6 Å². The molecule has 0 aliphatic heterocycles. The van der Waals surface area contributed by atoms with E-state index < -0.39 is 28.9 Å². The van der Waals surface area contributed by atoms with E-state index in [1.165, 1.54) is 0 Å². The van der Waals surface area contributed by atoms with Gasteiger partial charge in [0.1, 0.15) is 11.4 Å². The average molecular weight is 252 g/mol. The number of hydrogen-bond donors (Lipinski definition) is 1. The van der Waals surface area contributed by atoms with Crippen LogP contribution in [0.3, 0.4) is 0 Å². The zero-order chi connectivity index (χ0) is 12.3. The number of nitrogens with zero attached hydrogens (tertiary/aromatic N) is 1. The number of aromatic hydroxyl groups is 1. The molecule has 0 aliphatic rings. The summed E-state index contributed by atoms with van der Waals surface area (Å²) in [4.78, 5) is 14.3. The van der Waals surface area contributed by atoms with Crippen LogP contribution in [0, 0.1) is 0 Å². The molecule has 1 rings (SSSR count). The standard InChI is InChI=1S/C9H8ClF2NO3/c1-16-6(15)2-4-5(14)3-13-8(7(4)10)9(11)12/h3,9,14H,2H2,1H3. The highest BCUT2D eigenvalue weighted by molar-refractivity contribution is 6.32. The third-order valence-electron chi connectivity index (χ3n) is 1.88. The highest BCUT2D eigenvalue weighted by Crippen LogP contribution is 2.32. The molecule has 0 bridgehead atoms. The third kappa shape index (κ3) is 2.57. The number of rotatable bonds is 3. The zero-order valence-electron chi connectivity index (χ0n) is 8.21. The topological polar surface area (TPSA) is 59.4 Å². The second kappa shape index (κ2) is 5.07. The number of carbonyl (C=O) groups excluding carboxylic acids is 1. The molecule has 0 fully saturated rings. The number of halogens is 3. The van der Waals surface area contributed by atoms with E-state index >= 15 is 0 Å². The van der Waals surface area contributed by atoms with Gasteiger partial charge in [0.05, 0.1) is 24.8 Å². The minimum Gasteiger partial charge on any atom is -0.506 e. The van der Waals surface area contributed by atoms with Crippen molar-refractivity contribution in [2.75, 3.05) is 7.11 Å². The summed E-state index contributed by atoms with van der Waals surface area (Å²) in [5.41, 5.74) is -0.780. The van der Waals surface area contributed by atoms with E-state index in [9.17, 15) is 18.7 Å². The van der Waals surface area contributed by atoms with Gasteiger partial charge in [0.2, 0.25) is 0 Å². The predicted octanol–water partition coefficient (Wildman–Crippen LogP) is 2.09. The second-order valence-electron chi connectivity index (χ2n) is 2.87. The molecule has 0 atom stereocenters. The van der Waals surface area contributed by atoms with Crippen molar-refractivity contribution in [2.45, 2.75) is 12.8 Å². The van der Waals surface area contributed by atoms with Crippen molar-refractivity contribution in [1.82, 2.24) is 4.98 Å². The van der Waals surface area contributed by atoms with Crippen molar-refractivity contribution in [3.05, 3.63) is 22.5 Å². The fourth-order valence-electron chi connectivity index (χ4n) is 1.07. The van der Waals surface area contributed by atoms with E-state index in [0.29, 0.717) is 0 Å². The van der Waals surface area contributed by atoms with E-state index in [1.807, 2.05) is 0 Å². The molecule has 1 N–H and O–H groups in total. The van der Waals surface area contributed by atoms with Gasteiger partial charge in [0.15, 0.2) is 0 Å². The Balaban J connectivity index is 3.16. The molecule has 0 aliphatic carbocycles. The highest BCUT2D eigenvalue weighted by Gasteiger charge is 2.21. The van der Waals surface area contributed by atoms with Crippen molar-refractivity contribution < 1.29 is 23.4 Å². The molecule has 0 amide bonds. The van der Waals surface area contributed by atoms with Crippen LogP contribution in [0.1, 0.15) is 17.7 Å². The summed E-state index contributed by atoms with van der Waals surface area (Å²) in [7, 11) is 1.14. The summed E-state index contributed by atoms with van der Waals surface area (Å²) in [6.07, 6.45) is -2.43. The highest BCUT2D eigenvalue weighted by atomic mass is 35.5. The van der Waals surface area contributed by atoms with Crippen LogP contribution in [0.15, 0.2) is 6.20 Å². The molecule has 0 spiro atoms. The molecule has 16 heavy (non-hydrogen) atoms. The van der Waals surface area contributed by atoms with Gasteiger partial charge in [-0.05, 0) is 0 Å². The van der Waals surface area contributed by atoms with Crippen LogP contribution in [0.4, 0.5) is 8.78 Å². The zero-order valence-corrected chi connectivity index (χ0v) is 8.96. The first-order valence-corrected chi connectivity index (χ1v) is 4.56. The lowest BCUT2D eigenvalue weighted by Crippen LogP contribution is -2.07. The SMILES string of the molecule is COC(=O)Cc1c(O)cnc(C(F)F)c1Cl. The van der Waals surface area contributed by atoms with Gasteiger partial charge in [0.25, 0.3) is 6.43 Å². The van der Waals surface area contributed by atoms with Gasteiger partial charge >= 0.3 is 5.97 Å². The molecule has 1 aromatic rings. The molecule has 88 valence electrons. The minimum atomic E-state index is -2.87. The third-order valence-corrected chi connectivity index (χ3v) is 2.30. The van der Waals surface area contributed by atoms with Crippen molar-refractivity contribution in [2.24, 2.45) is 0 Å². The smallest absolute Gasteiger partial charge is 0.310 e. The fraction of sp³-hybridized carbons (Fsp3) is 0.333. The Morgan fingerprint density at radius 1 is 1.69 bits per heavy atom. The van der Waals surface area contributed by atoms with Gasteiger partial charge in [-0.15, -0.1) is 0 Å². The molecular formula is C9H8ClF2NO3. The molecule has 1 heterocycles. The first-order valence-electron chi connectivity index (χ1n) is 4.18. The van der Waals surface area contributed by atoms with E-state index in [2.05, 4.69) is 9.72 Å².